The Kier molecular flexibility index (Phi) is 8.58. The maximum absolute atomic E-state index is 13.0. The number of para-hydroxylation sites is 1. The van der Waals surface area contributed by atoms with E-state index in [1.165, 1.54) is 11.3 Å². The second-order valence-corrected chi connectivity index (χ2v) is 10.4. The molecule has 0 atom stereocenters. The summed E-state index contributed by atoms with van der Waals surface area (Å²) in [5.74, 6) is 0.548. The van der Waals surface area contributed by atoms with Crippen LogP contribution in [0.25, 0.3) is 0 Å². The van der Waals surface area contributed by atoms with Gasteiger partial charge in [-0.3, -0.25) is 9.59 Å². The highest BCUT2D eigenvalue weighted by Gasteiger charge is 2.23. The fraction of sp³-hybridized carbons (Fsp3) is 0.273. The van der Waals surface area contributed by atoms with Crippen LogP contribution in [0.5, 0.6) is 5.75 Å². The number of aromatic hydroxyl groups is 1. The van der Waals surface area contributed by atoms with E-state index in [2.05, 4.69) is 51.6 Å². The average molecular weight is 553 g/mol. The van der Waals surface area contributed by atoms with E-state index in [0.717, 1.165) is 50.3 Å². The van der Waals surface area contributed by atoms with Crippen molar-refractivity contribution in [2.75, 3.05) is 47.8 Å². The van der Waals surface area contributed by atoms with E-state index in [-0.39, 0.29) is 23.3 Å². The number of nitrogens with one attached hydrogen (secondary N) is 2. The second kappa shape index (κ2) is 12.6. The quantitative estimate of drug-likeness (QED) is 0.236. The zero-order valence-corrected chi connectivity index (χ0v) is 23.5. The van der Waals surface area contributed by atoms with Gasteiger partial charge in [-0.1, -0.05) is 30.3 Å². The van der Waals surface area contributed by atoms with Crippen LogP contribution in [0.1, 0.15) is 44.2 Å². The van der Waals surface area contributed by atoms with Crippen molar-refractivity contribution in [3.8, 4) is 5.75 Å². The van der Waals surface area contributed by atoms with Crippen LogP contribution in [-0.4, -0.2) is 49.6 Å². The van der Waals surface area contributed by atoms with E-state index in [1.807, 2.05) is 18.2 Å². The lowest BCUT2D eigenvalue weighted by atomic mass is 10.1. The number of anilines is 3. The Hall–Kier alpha value is -4.72. The first-order chi connectivity index (χ1) is 19.9. The molecule has 2 heterocycles. The minimum absolute atomic E-state index is 0.207. The Bertz CT molecular complexity index is 1520. The van der Waals surface area contributed by atoms with Gasteiger partial charge < -0.3 is 30.0 Å². The molecule has 5 rings (SSSR count). The summed E-state index contributed by atoms with van der Waals surface area (Å²) in [6.45, 7) is 7.65. The lowest BCUT2D eigenvalue weighted by Crippen LogP contribution is -2.47. The third kappa shape index (κ3) is 6.90. The Labute approximate surface area is 240 Å². The number of aryl methyl sites for hydroxylation is 3. The third-order valence-electron chi connectivity index (χ3n) is 7.39. The van der Waals surface area contributed by atoms with E-state index < -0.39 is 0 Å². The first-order valence-electron chi connectivity index (χ1n) is 14.0. The Balaban J connectivity index is 1.28. The number of nitrogens with zero attached hydrogens (tertiary/aromatic N) is 2. The van der Waals surface area contributed by atoms with Gasteiger partial charge in [-0.25, -0.2) is 0 Å². The molecule has 0 bridgehead atoms. The number of benzene rings is 3. The average Bonchev–Trinajstić information content (AvgIpc) is 3.42. The Morgan fingerprint density at radius 3 is 2.29 bits per heavy atom. The summed E-state index contributed by atoms with van der Waals surface area (Å²) < 4.78 is 5.54. The molecule has 0 unspecified atom stereocenters. The van der Waals surface area contributed by atoms with Crippen molar-refractivity contribution in [1.29, 1.82) is 0 Å². The molecular formula is C33H36N4O4. The molecule has 1 aliphatic heterocycles. The molecule has 41 heavy (non-hydrogen) atoms. The number of hydrogen-bond acceptors (Lipinski definition) is 6. The van der Waals surface area contributed by atoms with E-state index in [0.29, 0.717) is 23.6 Å². The van der Waals surface area contributed by atoms with Gasteiger partial charge in [0.1, 0.15) is 11.5 Å². The zero-order valence-electron chi connectivity index (χ0n) is 23.5. The van der Waals surface area contributed by atoms with Gasteiger partial charge in [-0.15, -0.1) is 0 Å². The summed E-state index contributed by atoms with van der Waals surface area (Å²) in [5.41, 5.74) is 5.41. The molecule has 0 radical (unpaired) electrons. The lowest BCUT2D eigenvalue weighted by Gasteiger charge is -2.38. The van der Waals surface area contributed by atoms with Crippen LogP contribution >= 0.6 is 0 Å². The monoisotopic (exact) mass is 552 g/mol. The van der Waals surface area contributed by atoms with Crippen molar-refractivity contribution in [3.63, 3.8) is 0 Å². The minimum Gasteiger partial charge on any atom is -0.508 e. The van der Waals surface area contributed by atoms with Crippen LogP contribution in [0, 0.1) is 13.8 Å². The third-order valence-corrected chi connectivity index (χ3v) is 7.39. The van der Waals surface area contributed by atoms with Gasteiger partial charge in [-0.2, -0.15) is 0 Å². The smallest absolute Gasteiger partial charge is 0.291 e. The first kappa shape index (κ1) is 27.8. The number of furan rings is 1. The number of piperazine rings is 1. The van der Waals surface area contributed by atoms with Gasteiger partial charge in [0.2, 0.25) is 0 Å². The van der Waals surface area contributed by atoms with E-state index in [1.54, 1.807) is 43.3 Å². The summed E-state index contributed by atoms with van der Waals surface area (Å²) in [7, 11) is 0. The minimum atomic E-state index is -0.360. The molecule has 212 valence electrons. The van der Waals surface area contributed by atoms with Crippen LogP contribution in [0.4, 0.5) is 17.1 Å². The highest BCUT2D eigenvalue weighted by Crippen LogP contribution is 2.30. The summed E-state index contributed by atoms with van der Waals surface area (Å²) in [6.07, 6.45) is 1.48. The van der Waals surface area contributed by atoms with Gasteiger partial charge in [0.15, 0.2) is 5.76 Å². The van der Waals surface area contributed by atoms with Gasteiger partial charge in [0.25, 0.3) is 11.8 Å². The molecule has 0 spiro atoms. The number of phenols is 1. The van der Waals surface area contributed by atoms with Gasteiger partial charge in [0, 0.05) is 44.0 Å². The molecule has 1 aliphatic rings. The van der Waals surface area contributed by atoms with Crippen molar-refractivity contribution >= 4 is 28.9 Å². The molecule has 0 saturated carbocycles. The number of rotatable bonds is 9. The maximum atomic E-state index is 13.0. The summed E-state index contributed by atoms with van der Waals surface area (Å²) >= 11 is 0. The highest BCUT2D eigenvalue weighted by atomic mass is 16.3. The zero-order chi connectivity index (χ0) is 28.8. The molecule has 1 fully saturated rings. The fourth-order valence-corrected chi connectivity index (χ4v) is 5.21. The molecule has 8 heteroatoms. The number of carbonyl (C=O) groups excluding carboxylic acids is 2. The summed E-state index contributed by atoms with van der Waals surface area (Å²) in [6, 6.07) is 24.4. The molecule has 8 nitrogen and oxygen atoms in total. The van der Waals surface area contributed by atoms with Crippen LogP contribution in [0.15, 0.2) is 83.3 Å². The van der Waals surface area contributed by atoms with E-state index in [9.17, 15) is 14.7 Å². The lowest BCUT2D eigenvalue weighted by molar-refractivity contribution is 0.0951. The summed E-state index contributed by atoms with van der Waals surface area (Å²) in [4.78, 5) is 30.7. The standard InChI is InChI=1S/C33H36N4O4/c1-23-7-3-4-11-29(23)36-17-19-37(20-18-36)30-14-13-26(22-28(30)35-33(40)31-15-12-24(2)41-31)32(39)34-16-6-9-25-8-5-10-27(38)21-25/h3-5,7-8,10-15,21-22,38H,6,9,16-20H2,1-2H3,(H,34,39)(H,35,40). The van der Waals surface area contributed by atoms with Crippen LogP contribution in [-0.2, 0) is 6.42 Å². The highest BCUT2D eigenvalue weighted by molar-refractivity contribution is 6.05. The predicted molar refractivity (Wildman–Crippen MR) is 162 cm³/mol. The van der Waals surface area contributed by atoms with Crippen molar-refractivity contribution in [3.05, 3.63) is 107 Å². The van der Waals surface area contributed by atoms with Crippen molar-refractivity contribution in [2.45, 2.75) is 26.7 Å². The molecule has 1 aromatic heterocycles. The molecule has 3 aromatic carbocycles. The topological polar surface area (TPSA) is 98.0 Å². The fourth-order valence-electron chi connectivity index (χ4n) is 5.21. The van der Waals surface area contributed by atoms with Crippen molar-refractivity contribution in [1.82, 2.24) is 5.32 Å². The Morgan fingerprint density at radius 2 is 1.59 bits per heavy atom. The number of phenolic OH excluding ortho intramolecular Hbond substituents is 1. The predicted octanol–water partition coefficient (Wildman–Crippen LogP) is 5.54. The normalized spacial score (nSPS) is 13.2. The van der Waals surface area contributed by atoms with Gasteiger partial charge in [-0.05, 0) is 86.3 Å². The molecule has 2 amide bonds. The summed E-state index contributed by atoms with van der Waals surface area (Å²) in [5, 5.41) is 15.6. The van der Waals surface area contributed by atoms with Crippen molar-refractivity contribution in [2.24, 2.45) is 0 Å². The second-order valence-electron chi connectivity index (χ2n) is 10.4. The number of amides is 2. The van der Waals surface area contributed by atoms with E-state index in [4.69, 9.17) is 4.42 Å². The molecular weight excluding hydrogens is 516 g/mol. The van der Waals surface area contributed by atoms with E-state index >= 15 is 0 Å². The number of carbonyl (C=O) groups is 2. The Morgan fingerprint density at radius 1 is 0.829 bits per heavy atom. The first-order valence-corrected chi connectivity index (χ1v) is 14.0. The van der Waals surface area contributed by atoms with Crippen molar-refractivity contribution < 1.29 is 19.1 Å². The van der Waals surface area contributed by atoms with Gasteiger partial charge >= 0.3 is 0 Å². The van der Waals surface area contributed by atoms with Crippen LogP contribution in [0.3, 0.4) is 0 Å². The van der Waals surface area contributed by atoms with Crippen LogP contribution < -0.4 is 20.4 Å². The van der Waals surface area contributed by atoms with Gasteiger partial charge in [0.05, 0.1) is 11.4 Å². The largest absolute Gasteiger partial charge is 0.508 e. The number of hydrogen-bond donors (Lipinski definition) is 3. The van der Waals surface area contributed by atoms with Crippen LogP contribution in [0.2, 0.25) is 0 Å². The molecule has 4 aromatic rings. The molecule has 1 saturated heterocycles. The molecule has 0 aliphatic carbocycles. The maximum Gasteiger partial charge on any atom is 0.291 e. The SMILES string of the molecule is Cc1ccc(C(=O)Nc2cc(C(=O)NCCCc3cccc(O)c3)ccc2N2CCN(c3ccccc3C)CC2)o1. The molecule has 3 N–H and O–H groups in total.